The summed E-state index contributed by atoms with van der Waals surface area (Å²) in [5.41, 5.74) is 2.52. The van der Waals surface area contributed by atoms with Crippen LogP contribution in [0.2, 0.25) is 0 Å². The first-order valence-electron chi connectivity index (χ1n) is 8.75. The van der Waals surface area contributed by atoms with E-state index >= 15 is 0 Å². The molecule has 4 aliphatic rings. The molecule has 2 nitrogen and oxygen atoms in total. The first kappa shape index (κ1) is 14.3. The summed E-state index contributed by atoms with van der Waals surface area (Å²) in [7, 11) is 0. The van der Waals surface area contributed by atoms with Crippen molar-refractivity contribution in [2.75, 3.05) is 0 Å². The topological polar surface area (TPSA) is 37.3 Å². The van der Waals surface area contributed by atoms with Crippen LogP contribution in [-0.4, -0.2) is 11.1 Å². The van der Waals surface area contributed by atoms with Crippen LogP contribution in [-0.2, 0) is 4.79 Å². The summed E-state index contributed by atoms with van der Waals surface area (Å²) in [5, 5.41) is 9.29. The average Bonchev–Trinajstić information content (AvgIpc) is 2.88. The molecule has 1 N–H and O–H groups in total. The van der Waals surface area contributed by atoms with Crippen molar-refractivity contribution in [1.29, 1.82) is 0 Å². The highest BCUT2D eigenvalue weighted by atomic mass is 16.4. The molecule has 0 heterocycles. The average molecular weight is 298 g/mol. The van der Waals surface area contributed by atoms with Crippen molar-refractivity contribution in [1.82, 2.24) is 0 Å². The van der Waals surface area contributed by atoms with Crippen molar-refractivity contribution in [2.24, 2.45) is 28.6 Å². The van der Waals surface area contributed by atoms with Crippen LogP contribution in [0.4, 0.5) is 0 Å². The molecule has 0 aliphatic heterocycles. The van der Waals surface area contributed by atoms with Gasteiger partial charge in [-0.3, -0.25) is 0 Å². The summed E-state index contributed by atoms with van der Waals surface area (Å²) < 4.78 is 0. The molecule has 0 aromatic rings. The van der Waals surface area contributed by atoms with Crippen LogP contribution in [0.15, 0.2) is 35.5 Å². The Hall–Kier alpha value is -1.31. The van der Waals surface area contributed by atoms with E-state index in [0.717, 1.165) is 24.7 Å². The largest absolute Gasteiger partial charge is 0.478 e. The number of hydrogen-bond acceptors (Lipinski definition) is 1. The molecule has 0 bridgehead atoms. The van der Waals surface area contributed by atoms with E-state index in [4.69, 9.17) is 0 Å². The Morgan fingerprint density at radius 2 is 2.14 bits per heavy atom. The Balaban J connectivity index is 1.72. The molecule has 0 saturated heterocycles. The second kappa shape index (κ2) is 4.59. The van der Waals surface area contributed by atoms with E-state index in [1.165, 1.54) is 24.8 Å². The summed E-state index contributed by atoms with van der Waals surface area (Å²) in [5.74, 6) is 1.43. The lowest BCUT2D eigenvalue weighted by molar-refractivity contribution is -0.132. The number of carbonyl (C=O) groups is 1. The zero-order chi connectivity index (χ0) is 15.5. The van der Waals surface area contributed by atoms with Gasteiger partial charge in [0.2, 0.25) is 0 Å². The molecule has 5 atom stereocenters. The summed E-state index contributed by atoms with van der Waals surface area (Å²) in [6.45, 7) is 4.81. The van der Waals surface area contributed by atoms with Gasteiger partial charge in [0.05, 0.1) is 0 Å². The summed E-state index contributed by atoms with van der Waals surface area (Å²) >= 11 is 0. The maximum absolute atomic E-state index is 11.3. The van der Waals surface area contributed by atoms with Crippen molar-refractivity contribution in [3.05, 3.63) is 35.5 Å². The lowest BCUT2D eigenvalue weighted by Crippen LogP contribution is -2.45. The van der Waals surface area contributed by atoms with Crippen LogP contribution in [0.5, 0.6) is 0 Å². The van der Waals surface area contributed by atoms with E-state index in [2.05, 4.69) is 32.1 Å². The minimum Gasteiger partial charge on any atom is -0.478 e. The Kier molecular flexibility index (Phi) is 2.99. The van der Waals surface area contributed by atoms with Gasteiger partial charge in [0.15, 0.2) is 0 Å². The molecule has 118 valence electrons. The van der Waals surface area contributed by atoms with Crippen molar-refractivity contribution < 1.29 is 9.90 Å². The fourth-order valence-corrected chi connectivity index (χ4v) is 5.88. The third kappa shape index (κ3) is 1.82. The van der Waals surface area contributed by atoms with Gasteiger partial charge in [-0.15, -0.1) is 0 Å². The highest BCUT2D eigenvalue weighted by molar-refractivity contribution is 5.87. The Bertz CT molecular complexity index is 611. The van der Waals surface area contributed by atoms with Crippen LogP contribution in [0, 0.1) is 28.6 Å². The monoisotopic (exact) mass is 298 g/mol. The Labute approximate surface area is 133 Å². The fraction of sp³-hybridized carbons (Fsp3) is 0.650. The van der Waals surface area contributed by atoms with Crippen LogP contribution < -0.4 is 0 Å². The Morgan fingerprint density at radius 1 is 1.32 bits per heavy atom. The molecule has 0 aromatic carbocycles. The van der Waals surface area contributed by atoms with Gasteiger partial charge in [0.25, 0.3) is 0 Å². The smallest absolute Gasteiger partial charge is 0.331 e. The van der Waals surface area contributed by atoms with Crippen molar-refractivity contribution in [3.8, 4) is 0 Å². The number of aliphatic carboxylic acids is 1. The van der Waals surface area contributed by atoms with Gasteiger partial charge < -0.3 is 5.11 Å². The third-order valence-corrected chi connectivity index (χ3v) is 7.27. The van der Waals surface area contributed by atoms with Crippen molar-refractivity contribution in [2.45, 2.75) is 52.4 Å². The lowest BCUT2D eigenvalue weighted by atomic mass is 9.51. The molecule has 0 aromatic heterocycles. The maximum atomic E-state index is 11.3. The standard InChI is InChI=1S/C20H26O2/c1-19-9-3-4-16(19)15-6-5-14-12-13(18(21)22)7-11-20(14,2)17(15)8-10-19/h5,7-8,10,15-17H,3-4,6,9,11-12H2,1-2H3,(H,21,22)/t15-,16-,17-,19-,20-/m0/s1. The SMILES string of the molecule is C[C@]12CC=C(C(=O)O)CC1=CC[C@@H]1[C@@H]2C=C[C@]2(C)CCC[C@@H]12. The van der Waals surface area contributed by atoms with E-state index in [9.17, 15) is 9.90 Å². The quantitative estimate of drug-likeness (QED) is 0.710. The second-order valence-corrected chi connectivity index (χ2v) is 8.35. The molecular formula is C20H26O2. The first-order chi connectivity index (χ1) is 10.4. The predicted octanol–water partition coefficient (Wildman–Crippen LogP) is 4.74. The van der Waals surface area contributed by atoms with E-state index in [0.29, 0.717) is 23.3 Å². The summed E-state index contributed by atoms with van der Waals surface area (Å²) in [4.78, 5) is 11.3. The molecule has 1 fully saturated rings. The molecule has 4 aliphatic carbocycles. The molecule has 0 radical (unpaired) electrons. The molecule has 0 spiro atoms. The van der Waals surface area contributed by atoms with E-state index in [1.807, 2.05) is 6.08 Å². The molecule has 4 rings (SSSR count). The lowest BCUT2D eigenvalue weighted by Gasteiger charge is -2.53. The highest BCUT2D eigenvalue weighted by Crippen LogP contribution is 2.62. The molecular weight excluding hydrogens is 272 g/mol. The zero-order valence-electron chi connectivity index (χ0n) is 13.6. The van der Waals surface area contributed by atoms with Crippen LogP contribution in [0.1, 0.15) is 52.4 Å². The predicted molar refractivity (Wildman–Crippen MR) is 87.3 cm³/mol. The van der Waals surface area contributed by atoms with Crippen LogP contribution >= 0.6 is 0 Å². The number of fused-ring (bicyclic) bond motifs is 5. The number of carboxylic acids is 1. The highest BCUT2D eigenvalue weighted by Gasteiger charge is 2.53. The van der Waals surface area contributed by atoms with Crippen LogP contribution in [0.25, 0.3) is 0 Å². The van der Waals surface area contributed by atoms with E-state index in [1.54, 1.807) is 0 Å². The number of carboxylic acid groups (broad SMARTS) is 1. The molecule has 0 unspecified atom stereocenters. The minimum atomic E-state index is -0.743. The molecule has 0 amide bonds. The van der Waals surface area contributed by atoms with Gasteiger partial charge in [-0.1, -0.05) is 50.1 Å². The number of allylic oxidation sites excluding steroid dienone is 5. The van der Waals surface area contributed by atoms with Crippen molar-refractivity contribution in [3.63, 3.8) is 0 Å². The third-order valence-electron chi connectivity index (χ3n) is 7.27. The molecule has 1 saturated carbocycles. The summed E-state index contributed by atoms with van der Waals surface area (Å²) in [6.07, 6.45) is 16.1. The fourth-order valence-electron chi connectivity index (χ4n) is 5.88. The molecule has 2 heteroatoms. The summed E-state index contributed by atoms with van der Waals surface area (Å²) in [6, 6.07) is 0. The van der Waals surface area contributed by atoms with Gasteiger partial charge in [-0.25, -0.2) is 4.79 Å². The number of rotatable bonds is 1. The van der Waals surface area contributed by atoms with E-state index < -0.39 is 5.97 Å². The van der Waals surface area contributed by atoms with Gasteiger partial charge in [0.1, 0.15) is 0 Å². The zero-order valence-corrected chi connectivity index (χ0v) is 13.6. The minimum absolute atomic E-state index is 0.141. The first-order valence-corrected chi connectivity index (χ1v) is 8.75. The number of hydrogen-bond donors (Lipinski definition) is 1. The second-order valence-electron chi connectivity index (χ2n) is 8.35. The van der Waals surface area contributed by atoms with Gasteiger partial charge in [0, 0.05) is 12.0 Å². The van der Waals surface area contributed by atoms with Crippen molar-refractivity contribution >= 4 is 5.97 Å². The van der Waals surface area contributed by atoms with Gasteiger partial charge in [-0.2, -0.15) is 0 Å². The normalized spacial score (nSPS) is 46.2. The van der Waals surface area contributed by atoms with Gasteiger partial charge >= 0.3 is 5.97 Å². The van der Waals surface area contributed by atoms with Crippen LogP contribution in [0.3, 0.4) is 0 Å². The maximum Gasteiger partial charge on any atom is 0.331 e. The van der Waals surface area contributed by atoms with E-state index in [-0.39, 0.29) is 5.41 Å². The Morgan fingerprint density at radius 3 is 2.91 bits per heavy atom. The van der Waals surface area contributed by atoms with Gasteiger partial charge in [-0.05, 0) is 54.3 Å². The molecule has 22 heavy (non-hydrogen) atoms.